The van der Waals surface area contributed by atoms with Crippen LogP contribution in [0.15, 0.2) is 35.2 Å². The quantitative estimate of drug-likeness (QED) is 0.792. The molecule has 3 rings (SSSR count). The summed E-state index contributed by atoms with van der Waals surface area (Å²) in [5.74, 6) is 0.740. The van der Waals surface area contributed by atoms with Crippen LogP contribution in [0.2, 0.25) is 0 Å². The number of benzene rings is 1. The van der Waals surface area contributed by atoms with Gasteiger partial charge in [-0.25, -0.2) is 13.1 Å². The van der Waals surface area contributed by atoms with E-state index in [-0.39, 0.29) is 11.0 Å². The minimum atomic E-state index is -3.50. The lowest BCUT2D eigenvalue weighted by molar-refractivity contribution is 0.210. The molecular formula is C19H26N2O3S. The van der Waals surface area contributed by atoms with Crippen molar-refractivity contribution in [2.45, 2.75) is 57.0 Å². The van der Waals surface area contributed by atoms with Gasteiger partial charge >= 0.3 is 0 Å². The van der Waals surface area contributed by atoms with Gasteiger partial charge in [-0.3, -0.25) is 0 Å². The van der Waals surface area contributed by atoms with Crippen LogP contribution in [0.3, 0.4) is 0 Å². The molecule has 2 N–H and O–H groups in total. The lowest BCUT2D eigenvalue weighted by atomic mass is 10.2. The fraction of sp³-hybridized carbons (Fsp3) is 0.474. The summed E-state index contributed by atoms with van der Waals surface area (Å²) in [5.41, 5.74) is 3.32. The molecule has 2 aromatic rings. The van der Waals surface area contributed by atoms with Crippen LogP contribution in [-0.2, 0) is 16.4 Å². The molecule has 6 heteroatoms. The zero-order valence-electron chi connectivity index (χ0n) is 14.8. The maximum Gasteiger partial charge on any atom is 0.240 e. The van der Waals surface area contributed by atoms with Gasteiger partial charge in [0.15, 0.2) is 0 Å². The van der Waals surface area contributed by atoms with Crippen molar-refractivity contribution in [3.8, 4) is 5.75 Å². The number of sulfonamides is 1. The summed E-state index contributed by atoms with van der Waals surface area (Å²) in [6.07, 6.45) is 5.52. The topological polar surface area (TPSA) is 71.2 Å². The van der Waals surface area contributed by atoms with E-state index >= 15 is 0 Å². The van der Waals surface area contributed by atoms with Gasteiger partial charge in [0.2, 0.25) is 10.0 Å². The highest BCUT2D eigenvalue weighted by Crippen LogP contribution is 2.25. The molecule has 0 bridgehead atoms. The Labute approximate surface area is 149 Å². The van der Waals surface area contributed by atoms with E-state index in [1.807, 2.05) is 13.8 Å². The lowest BCUT2D eigenvalue weighted by Gasteiger charge is -2.13. The summed E-state index contributed by atoms with van der Waals surface area (Å²) in [7, 11) is -3.50. The Kier molecular flexibility index (Phi) is 5.49. The molecule has 5 nitrogen and oxygen atoms in total. The van der Waals surface area contributed by atoms with Crippen molar-refractivity contribution >= 4 is 10.0 Å². The molecule has 0 radical (unpaired) electrons. The number of nitrogens with one attached hydrogen (secondary N) is 2. The van der Waals surface area contributed by atoms with Crippen molar-refractivity contribution in [1.29, 1.82) is 0 Å². The monoisotopic (exact) mass is 362 g/mol. The first-order valence-corrected chi connectivity index (χ1v) is 10.3. The van der Waals surface area contributed by atoms with Gasteiger partial charge in [-0.2, -0.15) is 0 Å². The summed E-state index contributed by atoms with van der Waals surface area (Å²) in [4.78, 5) is 3.50. The van der Waals surface area contributed by atoms with E-state index in [2.05, 4.69) is 15.8 Å². The van der Waals surface area contributed by atoms with Crippen molar-refractivity contribution < 1.29 is 13.2 Å². The maximum atomic E-state index is 12.4. The zero-order valence-corrected chi connectivity index (χ0v) is 15.7. The normalized spacial score (nSPS) is 15.6. The van der Waals surface area contributed by atoms with Crippen LogP contribution in [0.5, 0.6) is 5.75 Å². The molecule has 1 aromatic carbocycles. The smallest absolute Gasteiger partial charge is 0.240 e. The predicted octanol–water partition coefficient (Wildman–Crippen LogP) is 3.47. The first kappa shape index (κ1) is 18.0. The Morgan fingerprint density at radius 3 is 2.44 bits per heavy atom. The Morgan fingerprint density at radius 1 is 1.16 bits per heavy atom. The number of rotatable bonds is 7. The van der Waals surface area contributed by atoms with E-state index in [1.54, 1.807) is 24.3 Å². The summed E-state index contributed by atoms with van der Waals surface area (Å²) in [6.45, 7) is 4.37. The van der Waals surface area contributed by atoms with Crippen molar-refractivity contribution in [3.05, 3.63) is 47.3 Å². The van der Waals surface area contributed by atoms with Crippen LogP contribution in [0, 0.1) is 13.8 Å². The molecule has 1 aliphatic rings. The molecule has 1 saturated carbocycles. The van der Waals surface area contributed by atoms with Gasteiger partial charge in [0.1, 0.15) is 5.75 Å². The van der Waals surface area contributed by atoms with Gasteiger partial charge in [-0.1, -0.05) is 0 Å². The Hall–Kier alpha value is -1.79. The van der Waals surface area contributed by atoms with Gasteiger partial charge < -0.3 is 9.72 Å². The van der Waals surface area contributed by atoms with E-state index in [0.717, 1.165) is 35.5 Å². The number of aromatic amines is 1. The molecule has 0 aliphatic heterocycles. The number of ether oxygens (including phenoxy) is 1. The number of aromatic nitrogens is 1. The molecule has 0 saturated heterocycles. The number of aryl methyl sites for hydroxylation is 2. The molecule has 1 heterocycles. The Balaban J connectivity index is 1.56. The highest BCUT2D eigenvalue weighted by Gasteiger charge is 2.18. The molecule has 0 atom stereocenters. The van der Waals surface area contributed by atoms with Crippen LogP contribution in [0.1, 0.15) is 42.6 Å². The van der Waals surface area contributed by atoms with Crippen molar-refractivity contribution in [3.63, 3.8) is 0 Å². The third kappa shape index (κ3) is 4.64. The van der Waals surface area contributed by atoms with Crippen LogP contribution in [0.4, 0.5) is 0 Å². The van der Waals surface area contributed by atoms with Crippen LogP contribution in [-0.4, -0.2) is 26.1 Å². The maximum absolute atomic E-state index is 12.4. The lowest BCUT2D eigenvalue weighted by Crippen LogP contribution is -2.26. The first-order valence-electron chi connectivity index (χ1n) is 8.85. The minimum absolute atomic E-state index is 0.272. The van der Waals surface area contributed by atoms with Crippen LogP contribution in [0.25, 0.3) is 0 Å². The molecular weight excluding hydrogens is 336 g/mol. The molecule has 1 aliphatic carbocycles. The SMILES string of the molecule is Cc1cc(CCNS(=O)(=O)c2ccc(OC3CCCC3)cc2)c(C)[nH]1. The number of hydrogen-bond acceptors (Lipinski definition) is 3. The molecule has 0 amide bonds. The zero-order chi connectivity index (χ0) is 17.9. The fourth-order valence-electron chi connectivity index (χ4n) is 3.34. The van der Waals surface area contributed by atoms with Crippen LogP contribution >= 0.6 is 0 Å². The average molecular weight is 362 g/mol. The highest BCUT2D eigenvalue weighted by molar-refractivity contribution is 7.89. The molecule has 0 unspecified atom stereocenters. The second kappa shape index (κ2) is 7.62. The summed E-state index contributed by atoms with van der Waals surface area (Å²) < 4.78 is 33.4. The second-order valence-corrected chi connectivity index (χ2v) is 8.51. The van der Waals surface area contributed by atoms with Gasteiger partial charge in [-0.15, -0.1) is 0 Å². The average Bonchev–Trinajstić information content (AvgIpc) is 3.17. The minimum Gasteiger partial charge on any atom is -0.490 e. The highest BCUT2D eigenvalue weighted by atomic mass is 32.2. The van der Waals surface area contributed by atoms with Crippen molar-refractivity contribution in [2.24, 2.45) is 0 Å². The first-order chi connectivity index (χ1) is 11.9. The van der Waals surface area contributed by atoms with E-state index in [1.165, 1.54) is 12.8 Å². The molecule has 1 fully saturated rings. The fourth-order valence-corrected chi connectivity index (χ4v) is 4.37. The third-order valence-electron chi connectivity index (χ3n) is 4.68. The predicted molar refractivity (Wildman–Crippen MR) is 98.5 cm³/mol. The number of hydrogen-bond donors (Lipinski definition) is 2. The molecule has 1 aromatic heterocycles. The van der Waals surface area contributed by atoms with Gasteiger partial charge in [0, 0.05) is 17.9 Å². The summed E-state index contributed by atoms with van der Waals surface area (Å²) >= 11 is 0. The third-order valence-corrected chi connectivity index (χ3v) is 6.16. The second-order valence-electron chi connectivity index (χ2n) is 6.75. The van der Waals surface area contributed by atoms with Crippen molar-refractivity contribution in [1.82, 2.24) is 9.71 Å². The molecule has 136 valence electrons. The van der Waals surface area contributed by atoms with Gasteiger partial charge in [0.25, 0.3) is 0 Å². The molecule has 25 heavy (non-hydrogen) atoms. The van der Waals surface area contributed by atoms with E-state index in [4.69, 9.17) is 4.74 Å². The van der Waals surface area contributed by atoms with E-state index < -0.39 is 10.0 Å². The van der Waals surface area contributed by atoms with Gasteiger partial charge in [-0.05, 0) is 81.8 Å². The van der Waals surface area contributed by atoms with Gasteiger partial charge in [0.05, 0.1) is 11.0 Å². The van der Waals surface area contributed by atoms with E-state index in [9.17, 15) is 8.42 Å². The van der Waals surface area contributed by atoms with Crippen molar-refractivity contribution in [2.75, 3.05) is 6.54 Å². The Morgan fingerprint density at radius 2 is 1.84 bits per heavy atom. The Bertz CT molecular complexity index is 804. The summed E-state index contributed by atoms with van der Waals surface area (Å²) in [6, 6.07) is 8.76. The standard InChI is InChI=1S/C19H26N2O3S/c1-14-13-16(15(2)21-14)11-12-20-25(22,23)19-9-7-18(8-10-19)24-17-5-3-4-6-17/h7-10,13,17,20-21H,3-6,11-12H2,1-2H3. The summed E-state index contributed by atoms with van der Waals surface area (Å²) in [5, 5.41) is 0. The van der Waals surface area contributed by atoms with E-state index in [0.29, 0.717) is 13.0 Å². The number of H-pyrrole nitrogens is 1. The largest absolute Gasteiger partial charge is 0.490 e. The van der Waals surface area contributed by atoms with Crippen LogP contribution < -0.4 is 9.46 Å². The molecule has 0 spiro atoms.